The maximum absolute atomic E-state index is 11.6. The van der Waals surface area contributed by atoms with Gasteiger partial charge in [0, 0.05) is 0 Å². The molecule has 0 radical (unpaired) electrons. The summed E-state index contributed by atoms with van der Waals surface area (Å²) in [6.45, 7) is 2.59. The van der Waals surface area contributed by atoms with E-state index < -0.39 is 0 Å². The molecule has 1 aliphatic carbocycles. The van der Waals surface area contributed by atoms with Gasteiger partial charge in [-0.1, -0.05) is 6.42 Å². The molecule has 0 aromatic heterocycles. The van der Waals surface area contributed by atoms with Crippen LogP contribution in [0.25, 0.3) is 0 Å². The third kappa shape index (κ3) is 2.47. The van der Waals surface area contributed by atoms with Crippen molar-refractivity contribution in [2.75, 3.05) is 19.7 Å². The van der Waals surface area contributed by atoms with Crippen LogP contribution in [-0.4, -0.2) is 25.7 Å². The van der Waals surface area contributed by atoms with Gasteiger partial charge >= 0.3 is 5.97 Å². The van der Waals surface area contributed by atoms with Gasteiger partial charge in [-0.2, -0.15) is 0 Å². The van der Waals surface area contributed by atoms with Crippen molar-refractivity contribution in [1.29, 1.82) is 0 Å². The topological polar surface area (TPSA) is 38.3 Å². The summed E-state index contributed by atoms with van der Waals surface area (Å²) in [6, 6.07) is 0. The first-order chi connectivity index (χ1) is 6.86. The van der Waals surface area contributed by atoms with E-state index in [0.29, 0.717) is 12.5 Å². The minimum absolute atomic E-state index is 0.0402. The highest BCUT2D eigenvalue weighted by atomic mass is 16.5. The Morgan fingerprint density at radius 1 is 1.21 bits per heavy atom. The fraction of sp³-hybridized carbons (Fsp3) is 0.909. The van der Waals surface area contributed by atoms with Crippen LogP contribution in [0.5, 0.6) is 0 Å². The minimum Gasteiger partial charge on any atom is -0.465 e. The van der Waals surface area contributed by atoms with Gasteiger partial charge in [-0.15, -0.1) is 0 Å². The predicted molar refractivity (Wildman–Crippen MR) is 53.9 cm³/mol. The molecule has 1 N–H and O–H groups in total. The quantitative estimate of drug-likeness (QED) is 0.694. The van der Waals surface area contributed by atoms with E-state index in [1.165, 1.54) is 19.3 Å². The Kier molecular flexibility index (Phi) is 3.40. The summed E-state index contributed by atoms with van der Waals surface area (Å²) in [5.41, 5.74) is 0. The maximum atomic E-state index is 11.6. The van der Waals surface area contributed by atoms with Crippen LogP contribution in [0.15, 0.2) is 0 Å². The Morgan fingerprint density at radius 3 is 2.50 bits per heavy atom. The van der Waals surface area contributed by atoms with Crippen LogP contribution in [0.3, 0.4) is 0 Å². The summed E-state index contributed by atoms with van der Waals surface area (Å²) in [5, 5.41) is 3.25. The number of piperidine rings is 1. The van der Waals surface area contributed by atoms with Crippen molar-refractivity contribution in [3.05, 3.63) is 0 Å². The smallest absolute Gasteiger partial charge is 0.309 e. The molecular formula is C11H19NO2. The molecule has 1 heterocycles. The van der Waals surface area contributed by atoms with Crippen LogP contribution in [0.1, 0.15) is 32.1 Å². The standard InChI is InChI=1S/C11H19NO2/c13-11(10-4-6-12-7-5-10)14-8-9-2-1-3-9/h9-10,12H,1-8H2. The van der Waals surface area contributed by atoms with Crippen LogP contribution >= 0.6 is 0 Å². The lowest BCUT2D eigenvalue weighted by molar-refractivity contribution is -0.151. The number of hydrogen-bond acceptors (Lipinski definition) is 3. The van der Waals surface area contributed by atoms with Gasteiger partial charge in [0.05, 0.1) is 12.5 Å². The third-order valence-electron chi connectivity index (χ3n) is 3.36. The fourth-order valence-electron chi connectivity index (χ4n) is 2.03. The van der Waals surface area contributed by atoms with Crippen molar-refractivity contribution in [2.24, 2.45) is 11.8 Å². The predicted octanol–water partition coefficient (Wildman–Crippen LogP) is 1.33. The van der Waals surface area contributed by atoms with Crippen molar-refractivity contribution >= 4 is 5.97 Å². The molecule has 0 aromatic rings. The highest BCUT2D eigenvalue weighted by Gasteiger charge is 2.24. The van der Waals surface area contributed by atoms with Crippen molar-refractivity contribution in [2.45, 2.75) is 32.1 Å². The fourth-order valence-corrected chi connectivity index (χ4v) is 2.03. The second-order valence-electron chi connectivity index (χ2n) is 4.45. The summed E-state index contributed by atoms with van der Waals surface area (Å²) < 4.78 is 5.32. The number of carbonyl (C=O) groups is 1. The Hall–Kier alpha value is -0.570. The monoisotopic (exact) mass is 197 g/mol. The second kappa shape index (κ2) is 4.78. The Bertz CT molecular complexity index is 195. The molecule has 3 heteroatoms. The van der Waals surface area contributed by atoms with Crippen molar-refractivity contribution in [1.82, 2.24) is 5.32 Å². The lowest BCUT2D eigenvalue weighted by Crippen LogP contribution is -2.33. The molecule has 0 atom stereocenters. The van der Waals surface area contributed by atoms with Crippen LogP contribution in [-0.2, 0) is 9.53 Å². The van der Waals surface area contributed by atoms with Crippen molar-refractivity contribution in [3.63, 3.8) is 0 Å². The van der Waals surface area contributed by atoms with E-state index in [4.69, 9.17) is 4.74 Å². The summed E-state index contributed by atoms with van der Waals surface area (Å²) in [7, 11) is 0. The Morgan fingerprint density at radius 2 is 1.93 bits per heavy atom. The summed E-state index contributed by atoms with van der Waals surface area (Å²) in [6.07, 6.45) is 5.71. The van der Waals surface area contributed by atoms with E-state index in [1.54, 1.807) is 0 Å². The van der Waals surface area contributed by atoms with Crippen molar-refractivity contribution in [3.8, 4) is 0 Å². The molecular weight excluding hydrogens is 178 g/mol. The zero-order valence-electron chi connectivity index (χ0n) is 8.63. The van der Waals surface area contributed by atoms with Gasteiger partial charge in [-0.05, 0) is 44.7 Å². The first-order valence-corrected chi connectivity index (χ1v) is 5.73. The van der Waals surface area contributed by atoms with Gasteiger partial charge in [0.15, 0.2) is 0 Å². The average Bonchev–Trinajstić information content (AvgIpc) is 2.16. The third-order valence-corrected chi connectivity index (χ3v) is 3.36. The molecule has 3 nitrogen and oxygen atoms in total. The van der Waals surface area contributed by atoms with E-state index in [1.807, 2.05) is 0 Å². The maximum Gasteiger partial charge on any atom is 0.309 e. The second-order valence-corrected chi connectivity index (χ2v) is 4.45. The van der Waals surface area contributed by atoms with Crippen LogP contribution < -0.4 is 5.32 Å². The highest BCUT2D eigenvalue weighted by molar-refractivity contribution is 5.72. The Balaban J connectivity index is 1.65. The molecule has 0 spiro atoms. The van der Waals surface area contributed by atoms with Crippen LogP contribution in [0, 0.1) is 11.8 Å². The van der Waals surface area contributed by atoms with Gasteiger partial charge in [0.25, 0.3) is 0 Å². The summed E-state index contributed by atoms with van der Waals surface area (Å²) >= 11 is 0. The first kappa shape index (κ1) is 9.97. The number of esters is 1. The zero-order chi connectivity index (χ0) is 9.80. The number of rotatable bonds is 3. The lowest BCUT2D eigenvalue weighted by Gasteiger charge is -2.26. The summed E-state index contributed by atoms with van der Waals surface area (Å²) in [5.74, 6) is 0.871. The molecule has 0 amide bonds. The highest BCUT2D eigenvalue weighted by Crippen LogP contribution is 2.26. The largest absolute Gasteiger partial charge is 0.465 e. The SMILES string of the molecule is O=C(OCC1CCC1)C1CCNCC1. The van der Waals surface area contributed by atoms with E-state index >= 15 is 0 Å². The summed E-state index contributed by atoms with van der Waals surface area (Å²) in [4.78, 5) is 11.6. The number of carbonyl (C=O) groups excluding carboxylic acids is 1. The van der Waals surface area contributed by atoms with Gasteiger partial charge in [-0.25, -0.2) is 0 Å². The van der Waals surface area contributed by atoms with Crippen LogP contribution in [0.2, 0.25) is 0 Å². The molecule has 2 aliphatic rings. The first-order valence-electron chi connectivity index (χ1n) is 5.73. The molecule has 2 rings (SSSR count). The molecule has 1 saturated heterocycles. The van der Waals surface area contributed by atoms with E-state index in [9.17, 15) is 4.79 Å². The normalized spacial score (nSPS) is 24.3. The molecule has 2 fully saturated rings. The molecule has 1 aliphatic heterocycles. The number of ether oxygens (including phenoxy) is 1. The van der Waals surface area contributed by atoms with Gasteiger partial charge in [0.1, 0.15) is 0 Å². The van der Waals surface area contributed by atoms with Gasteiger partial charge in [0.2, 0.25) is 0 Å². The van der Waals surface area contributed by atoms with E-state index in [0.717, 1.165) is 25.9 Å². The molecule has 14 heavy (non-hydrogen) atoms. The van der Waals surface area contributed by atoms with E-state index in [2.05, 4.69) is 5.32 Å². The van der Waals surface area contributed by atoms with Crippen molar-refractivity contribution < 1.29 is 9.53 Å². The molecule has 0 unspecified atom stereocenters. The van der Waals surface area contributed by atoms with Gasteiger partial charge in [-0.3, -0.25) is 4.79 Å². The van der Waals surface area contributed by atoms with Crippen LogP contribution in [0.4, 0.5) is 0 Å². The molecule has 80 valence electrons. The average molecular weight is 197 g/mol. The minimum atomic E-state index is 0.0402. The number of nitrogens with one attached hydrogen (secondary N) is 1. The zero-order valence-corrected chi connectivity index (χ0v) is 8.63. The Labute approximate surface area is 85.2 Å². The lowest BCUT2D eigenvalue weighted by atomic mass is 9.86. The molecule has 0 aromatic carbocycles. The molecule has 1 saturated carbocycles. The number of hydrogen-bond donors (Lipinski definition) is 1. The molecule has 0 bridgehead atoms. The van der Waals surface area contributed by atoms with Gasteiger partial charge < -0.3 is 10.1 Å². The van der Waals surface area contributed by atoms with E-state index in [-0.39, 0.29) is 11.9 Å².